The average molecular weight is 781 g/mol. The largest absolute Gasteiger partial charge is 0.508 e. The van der Waals surface area contributed by atoms with E-state index in [-0.39, 0.29) is 40.3 Å². The number of hydrogen-bond donors (Lipinski definition) is 2. The quantitative estimate of drug-likeness (QED) is 0.210. The van der Waals surface area contributed by atoms with Crippen molar-refractivity contribution in [3.8, 4) is 11.8 Å². The number of aromatic hydroxyl groups is 1. The van der Waals surface area contributed by atoms with Crippen molar-refractivity contribution in [1.82, 2.24) is 14.9 Å². The van der Waals surface area contributed by atoms with Crippen molar-refractivity contribution in [2.24, 2.45) is 16.1 Å². The molecule has 1 atom stereocenters. The van der Waals surface area contributed by atoms with Crippen molar-refractivity contribution >= 4 is 39.3 Å². The van der Waals surface area contributed by atoms with Crippen LogP contribution in [0.25, 0.3) is 27.7 Å². The van der Waals surface area contributed by atoms with Gasteiger partial charge in [0.2, 0.25) is 0 Å². The summed E-state index contributed by atoms with van der Waals surface area (Å²) < 4.78 is 54.8. The molecule has 0 spiro atoms. The number of aromatic nitrogens is 2. The van der Waals surface area contributed by atoms with E-state index in [2.05, 4.69) is 29.4 Å². The van der Waals surface area contributed by atoms with Gasteiger partial charge in [0.25, 0.3) is 0 Å². The molecule has 3 N–H and O–H groups in total. The van der Waals surface area contributed by atoms with Crippen LogP contribution in [0, 0.1) is 11.2 Å². The lowest BCUT2D eigenvalue weighted by Crippen LogP contribution is -2.42. The zero-order valence-electron chi connectivity index (χ0n) is 34.8. The number of phenolic OH excluding ortho intramolecular Hbond substituents is 1. The Hall–Kier alpha value is -4.00. The smallest absolute Gasteiger partial charge is 0.319 e. The van der Waals surface area contributed by atoms with Crippen LogP contribution < -0.4 is 15.4 Å². The lowest BCUT2D eigenvalue weighted by molar-refractivity contribution is 0.111. The number of nitrogens with zero attached hydrogens (tertiary/aromatic N) is 5. The van der Waals surface area contributed by atoms with Crippen LogP contribution >= 0.6 is 0 Å². The molecule has 2 aliphatic carbocycles. The zero-order chi connectivity index (χ0) is 41.0. The fraction of sp³-hybridized carbons (Fsp3) is 0.568. The van der Waals surface area contributed by atoms with E-state index in [1.807, 2.05) is 33.8 Å². The Bertz CT molecular complexity index is 1860. The molecular weight excluding hydrogens is 718 g/mol. The van der Waals surface area contributed by atoms with Gasteiger partial charge < -0.3 is 30.1 Å². The third-order valence-electron chi connectivity index (χ3n) is 10.6. The van der Waals surface area contributed by atoms with E-state index < -0.39 is 5.83 Å². The van der Waals surface area contributed by atoms with Crippen LogP contribution in [0.5, 0.6) is 11.8 Å². The molecule has 1 aromatic heterocycles. The van der Waals surface area contributed by atoms with Crippen molar-refractivity contribution in [1.29, 1.82) is 0 Å². The minimum atomic E-state index is -0.595. The highest BCUT2D eigenvalue weighted by Crippen LogP contribution is 2.49. The predicted molar refractivity (Wildman–Crippen MR) is 225 cm³/mol. The molecule has 2 aliphatic heterocycles. The molecule has 2 aromatic carbocycles. The number of fused-ring (bicyclic) bond motifs is 2. The first-order valence-electron chi connectivity index (χ1n) is 20.3. The molecule has 56 heavy (non-hydrogen) atoms. The lowest BCUT2D eigenvalue weighted by atomic mass is 9.81. The van der Waals surface area contributed by atoms with Crippen LogP contribution in [0.1, 0.15) is 102 Å². The second-order valence-corrected chi connectivity index (χ2v) is 14.7. The molecule has 3 aromatic rings. The Labute approximate surface area is 331 Å². The molecular formula is C44H63F3N6O3. The molecule has 4 aliphatic rings. The number of halogens is 3. The van der Waals surface area contributed by atoms with Gasteiger partial charge in [-0.25, -0.2) is 8.78 Å². The number of hydrogen-bond acceptors (Lipinski definition) is 9. The first-order valence-corrected chi connectivity index (χ1v) is 20.3. The molecule has 12 heteroatoms. The Balaban J connectivity index is 0.000000936. The maximum atomic E-state index is 17.8. The van der Waals surface area contributed by atoms with Crippen molar-refractivity contribution in [2.45, 2.75) is 92.5 Å². The van der Waals surface area contributed by atoms with Gasteiger partial charge in [-0.2, -0.15) is 9.97 Å². The molecule has 1 unspecified atom stereocenters. The molecule has 2 saturated heterocycles. The van der Waals surface area contributed by atoms with Crippen molar-refractivity contribution in [2.75, 3.05) is 71.7 Å². The van der Waals surface area contributed by atoms with Crippen LogP contribution in [0.4, 0.5) is 19.0 Å². The van der Waals surface area contributed by atoms with Gasteiger partial charge in [-0.1, -0.05) is 46.3 Å². The van der Waals surface area contributed by atoms with Gasteiger partial charge in [-0.05, 0) is 113 Å². The fourth-order valence-electron chi connectivity index (χ4n) is 7.33. The minimum Gasteiger partial charge on any atom is -0.508 e. The number of benzene rings is 2. The second-order valence-electron chi connectivity index (χ2n) is 14.7. The highest BCUT2D eigenvalue weighted by molar-refractivity contribution is 6.51. The number of rotatable bonds is 10. The van der Waals surface area contributed by atoms with Gasteiger partial charge >= 0.3 is 6.01 Å². The first kappa shape index (κ1) is 44.7. The van der Waals surface area contributed by atoms with E-state index in [1.54, 1.807) is 12.1 Å². The normalized spacial score (nSPS) is 19.4. The summed E-state index contributed by atoms with van der Waals surface area (Å²) in [6.45, 7) is 18.2. The van der Waals surface area contributed by atoms with Crippen LogP contribution in [0.15, 0.2) is 35.3 Å². The van der Waals surface area contributed by atoms with Crippen LogP contribution in [-0.2, 0) is 11.2 Å². The van der Waals surface area contributed by atoms with Crippen molar-refractivity contribution in [3.63, 3.8) is 0 Å². The van der Waals surface area contributed by atoms with Gasteiger partial charge in [0.05, 0.1) is 31.7 Å². The predicted octanol–water partition coefficient (Wildman–Crippen LogP) is 9.20. The molecule has 0 radical (unpaired) electrons. The Morgan fingerprint density at radius 2 is 1.73 bits per heavy atom. The molecule has 0 amide bonds. The van der Waals surface area contributed by atoms with Gasteiger partial charge in [0.15, 0.2) is 5.83 Å². The van der Waals surface area contributed by atoms with Crippen LogP contribution in [0.3, 0.4) is 0 Å². The summed E-state index contributed by atoms with van der Waals surface area (Å²) in [4.78, 5) is 19.5. The van der Waals surface area contributed by atoms with Crippen molar-refractivity contribution < 1.29 is 27.8 Å². The number of anilines is 1. The fourth-order valence-corrected chi connectivity index (χ4v) is 7.33. The number of likely N-dealkylation sites (tertiary alicyclic amines) is 1. The number of ether oxygens (including phenoxy) is 2. The molecule has 3 heterocycles. The standard InChI is InChI=1S/C39H47F2N5O3.C3H8.CH3F.CH5N/c1-5-24(4)42-35-28(7-3)33-36(34(41)32(35)29-21-26(47)20-25-10-11-30(40)27(6-2)31(25)29)43-38(44-37(33)46-16-9-18-48-19-17-46)49-23-39(12-13-39)22-45-14-8-15-45;1-3-2;2*1-2/h7,10-11,20-21,24,47H,5-6,8-9,12-19,22-23H2,1-4H3;3H2,1-2H3;1H3;2H2,1H3/b28-7-,42-35?;;;. The van der Waals surface area contributed by atoms with E-state index in [0.29, 0.717) is 91.1 Å². The van der Waals surface area contributed by atoms with E-state index in [4.69, 9.17) is 24.4 Å². The molecule has 1 saturated carbocycles. The Morgan fingerprint density at radius 1 is 1.02 bits per heavy atom. The molecule has 7 rings (SSSR count). The average Bonchev–Trinajstić information content (AvgIpc) is 4.02. The number of phenols is 1. The maximum absolute atomic E-state index is 17.8. The molecule has 9 nitrogen and oxygen atoms in total. The third-order valence-corrected chi connectivity index (χ3v) is 10.6. The van der Waals surface area contributed by atoms with E-state index in [0.717, 1.165) is 45.3 Å². The first-order chi connectivity index (χ1) is 27.2. The zero-order valence-corrected chi connectivity index (χ0v) is 34.8. The molecule has 0 bridgehead atoms. The number of nitrogens with two attached hydrogens (primary N) is 1. The highest BCUT2D eigenvalue weighted by atomic mass is 19.1. The third kappa shape index (κ3) is 9.92. The summed E-state index contributed by atoms with van der Waals surface area (Å²) >= 11 is 0. The highest BCUT2D eigenvalue weighted by Gasteiger charge is 2.46. The Morgan fingerprint density at radius 3 is 2.34 bits per heavy atom. The van der Waals surface area contributed by atoms with Crippen molar-refractivity contribution in [3.05, 3.63) is 58.5 Å². The van der Waals surface area contributed by atoms with Gasteiger partial charge in [-0.3, -0.25) is 9.38 Å². The summed E-state index contributed by atoms with van der Waals surface area (Å²) in [5.74, 6) is -0.414. The van der Waals surface area contributed by atoms with Crippen LogP contribution in [-0.4, -0.2) is 98.5 Å². The molecule has 308 valence electrons. The topological polar surface area (TPSA) is 109 Å². The maximum Gasteiger partial charge on any atom is 0.319 e. The minimum absolute atomic E-state index is 0.0407. The SMILES string of the molecule is C/C=C1\C(=NC(C)CC)C(c2cc(O)cc3ccc(F)c(CC)c23)=C(F)c2nc(OCC3(CN4CCC4)CC3)nc(N3CCCOCC3)c21.CCC.CF.CN. The second kappa shape index (κ2) is 21.0. The Kier molecular flexibility index (Phi) is 16.7. The number of alkyl halides is 1. The lowest BCUT2D eigenvalue weighted by Gasteiger charge is -2.34. The number of aliphatic imine (C=N–C) groups is 1. The summed E-state index contributed by atoms with van der Waals surface area (Å²) in [7, 11) is 2.00. The van der Waals surface area contributed by atoms with Crippen LogP contribution in [0.2, 0.25) is 0 Å². The van der Waals surface area contributed by atoms with E-state index >= 15 is 8.78 Å². The number of allylic oxidation sites excluding steroid dienone is 3. The molecule has 3 fully saturated rings. The van der Waals surface area contributed by atoms with E-state index in [1.165, 1.54) is 32.0 Å². The van der Waals surface area contributed by atoms with E-state index in [9.17, 15) is 9.50 Å². The summed E-state index contributed by atoms with van der Waals surface area (Å²) in [6.07, 6.45) is 8.52. The van der Waals surface area contributed by atoms with Gasteiger partial charge in [0.1, 0.15) is 23.1 Å². The van der Waals surface area contributed by atoms with Gasteiger partial charge in [0, 0.05) is 48.8 Å². The monoisotopic (exact) mass is 780 g/mol. The summed E-state index contributed by atoms with van der Waals surface area (Å²) in [5.41, 5.74) is 7.42. The number of aryl methyl sites for hydroxylation is 1. The van der Waals surface area contributed by atoms with Gasteiger partial charge in [-0.15, -0.1) is 0 Å². The summed E-state index contributed by atoms with van der Waals surface area (Å²) in [6, 6.07) is 6.15. The summed E-state index contributed by atoms with van der Waals surface area (Å²) in [5, 5.41) is 12.1.